The van der Waals surface area contributed by atoms with Gasteiger partial charge in [-0.05, 0) is 47.5 Å². The van der Waals surface area contributed by atoms with E-state index in [1.54, 1.807) is 0 Å². The van der Waals surface area contributed by atoms with Crippen molar-refractivity contribution in [1.29, 1.82) is 0 Å². The predicted molar refractivity (Wildman–Crippen MR) is 126 cm³/mol. The fraction of sp³-hybridized carbons (Fsp3) is 0. The zero-order valence-corrected chi connectivity index (χ0v) is 16.3. The van der Waals surface area contributed by atoms with Crippen LogP contribution in [0.4, 0.5) is 0 Å². The Morgan fingerprint density at radius 3 is 2.03 bits per heavy atom. The molecule has 0 fully saturated rings. The Morgan fingerprint density at radius 1 is 0.517 bits per heavy atom. The fourth-order valence-corrected chi connectivity index (χ4v) is 5.73. The third kappa shape index (κ3) is 2.11. The summed E-state index contributed by atoms with van der Waals surface area (Å²) in [5, 5.41) is 5.17. The van der Waals surface area contributed by atoms with Gasteiger partial charge in [0.2, 0.25) is 0 Å². The van der Waals surface area contributed by atoms with Crippen LogP contribution in [0.25, 0.3) is 64.1 Å². The van der Waals surface area contributed by atoms with Gasteiger partial charge in [-0.25, -0.2) is 0 Å². The number of hydrogen-bond donors (Lipinski definition) is 2. The Morgan fingerprint density at radius 2 is 1.17 bits per heavy atom. The molecule has 136 valence electrons. The van der Waals surface area contributed by atoms with Crippen LogP contribution < -0.4 is 0 Å². The quantitative estimate of drug-likeness (QED) is 0.287. The van der Waals surface area contributed by atoms with Crippen LogP contribution in [0.1, 0.15) is 0 Å². The molecule has 4 aromatic carbocycles. The summed E-state index contributed by atoms with van der Waals surface area (Å²) in [7, 11) is 0. The second-order valence-corrected chi connectivity index (χ2v) is 8.67. The van der Waals surface area contributed by atoms with Gasteiger partial charge in [0.25, 0.3) is 0 Å². The molecule has 7 aromatic rings. The van der Waals surface area contributed by atoms with Gasteiger partial charge in [0.1, 0.15) is 0 Å². The van der Waals surface area contributed by atoms with Crippen molar-refractivity contribution >= 4 is 64.3 Å². The molecule has 0 aliphatic rings. The molecule has 29 heavy (non-hydrogen) atoms. The third-order valence-corrected chi connectivity index (χ3v) is 7.16. The molecule has 0 bridgehead atoms. The average molecular weight is 388 g/mol. The van der Waals surface area contributed by atoms with E-state index in [-0.39, 0.29) is 0 Å². The molecule has 3 heteroatoms. The molecule has 7 rings (SSSR count). The van der Waals surface area contributed by atoms with E-state index in [4.69, 9.17) is 0 Å². The minimum atomic E-state index is 1.18. The summed E-state index contributed by atoms with van der Waals surface area (Å²) in [6.07, 6.45) is 0. The summed E-state index contributed by atoms with van der Waals surface area (Å²) in [4.78, 5) is 7.15. The number of hydrogen-bond acceptors (Lipinski definition) is 1. The maximum absolute atomic E-state index is 3.63. The van der Waals surface area contributed by atoms with Crippen molar-refractivity contribution in [3.63, 3.8) is 0 Å². The maximum atomic E-state index is 3.63. The summed E-state index contributed by atoms with van der Waals surface area (Å²) < 4.78 is 2.68. The van der Waals surface area contributed by atoms with E-state index in [0.29, 0.717) is 0 Å². The smallest absolute Gasteiger partial charge is 0.0654 e. The van der Waals surface area contributed by atoms with Gasteiger partial charge in [0, 0.05) is 42.8 Å². The minimum absolute atomic E-state index is 1.18. The van der Waals surface area contributed by atoms with Crippen molar-refractivity contribution in [3.05, 3.63) is 84.9 Å². The Hall–Kier alpha value is -3.56. The van der Waals surface area contributed by atoms with Crippen LogP contribution in [0.2, 0.25) is 0 Å². The van der Waals surface area contributed by atoms with E-state index < -0.39 is 0 Å². The molecule has 0 atom stereocenters. The lowest BCUT2D eigenvalue weighted by molar-refractivity contribution is 1.54. The molecule has 0 unspecified atom stereocenters. The van der Waals surface area contributed by atoms with Crippen LogP contribution in [0.3, 0.4) is 0 Å². The zero-order chi connectivity index (χ0) is 18.9. The predicted octanol–water partition coefficient (Wildman–Crippen LogP) is 7.84. The summed E-state index contributed by atoms with van der Waals surface area (Å²) in [6, 6.07) is 30.6. The lowest BCUT2D eigenvalue weighted by Gasteiger charge is -2.03. The Labute approximate surface area is 170 Å². The molecule has 0 saturated heterocycles. The summed E-state index contributed by atoms with van der Waals surface area (Å²) in [5.41, 5.74) is 7.33. The van der Waals surface area contributed by atoms with Crippen molar-refractivity contribution in [2.24, 2.45) is 0 Å². The SMILES string of the molecule is c1ccc2c(c1)[nH]c1ccc(-c3ccc4[nH]c5c6ccccc6sc5c4c3)cc12. The van der Waals surface area contributed by atoms with E-state index in [9.17, 15) is 0 Å². The van der Waals surface area contributed by atoms with Gasteiger partial charge < -0.3 is 9.97 Å². The first-order valence-corrected chi connectivity index (χ1v) is 10.6. The van der Waals surface area contributed by atoms with Gasteiger partial charge in [0.15, 0.2) is 0 Å². The Bertz CT molecular complexity index is 1710. The highest BCUT2D eigenvalue weighted by Crippen LogP contribution is 2.40. The Balaban J connectivity index is 1.49. The molecule has 2 N–H and O–H groups in total. The third-order valence-electron chi connectivity index (χ3n) is 5.96. The first-order chi connectivity index (χ1) is 14.3. The van der Waals surface area contributed by atoms with Crippen LogP contribution in [0.5, 0.6) is 0 Å². The first-order valence-electron chi connectivity index (χ1n) is 9.79. The van der Waals surface area contributed by atoms with Gasteiger partial charge in [-0.15, -0.1) is 11.3 Å². The number of nitrogens with one attached hydrogen (secondary N) is 2. The fourth-order valence-electron chi connectivity index (χ4n) is 4.54. The molecule has 2 nitrogen and oxygen atoms in total. The van der Waals surface area contributed by atoms with Crippen molar-refractivity contribution in [3.8, 4) is 11.1 Å². The zero-order valence-electron chi connectivity index (χ0n) is 15.5. The molecule has 0 aliphatic carbocycles. The number of aromatic amines is 2. The molecular weight excluding hydrogens is 372 g/mol. The van der Waals surface area contributed by atoms with Crippen molar-refractivity contribution in [2.45, 2.75) is 0 Å². The lowest BCUT2D eigenvalue weighted by atomic mass is 10.0. The number of thiophene rings is 1. The van der Waals surface area contributed by atoms with Crippen LogP contribution >= 0.6 is 11.3 Å². The van der Waals surface area contributed by atoms with Crippen molar-refractivity contribution in [1.82, 2.24) is 9.97 Å². The molecular formula is C26H16N2S. The number of benzene rings is 4. The molecule has 3 heterocycles. The first kappa shape index (κ1) is 15.4. The topological polar surface area (TPSA) is 31.6 Å². The van der Waals surface area contributed by atoms with E-state index in [2.05, 4.69) is 94.9 Å². The van der Waals surface area contributed by atoms with Crippen LogP contribution in [0, 0.1) is 0 Å². The number of fused-ring (bicyclic) bond motifs is 8. The highest BCUT2D eigenvalue weighted by Gasteiger charge is 2.12. The summed E-state index contributed by atoms with van der Waals surface area (Å²) in [6.45, 7) is 0. The largest absolute Gasteiger partial charge is 0.355 e. The van der Waals surface area contributed by atoms with Gasteiger partial charge >= 0.3 is 0 Å². The standard InChI is InChI=1S/C26H16N2S/c1-3-7-21-17(5-1)19-13-15(9-11-22(19)27-21)16-10-12-23-20(14-16)26-25(28-23)18-6-2-4-8-24(18)29-26/h1-14,27-28H. The summed E-state index contributed by atoms with van der Waals surface area (Å²) >= 11 is 1.87. The lowest BCUT2D eigenvalue weighted by Crippen LogP contribution is -1.78. The van der Waals surface area contributed by atoms with Gasteiger partial charge in [-0.2, -0.15) is 0 Å². The van der Waals surface area contributed by atoms with Crippen LogP contribution in [-0.4, -0.2) is 9.97 Å². The summed E-state index contributed by atoms with van der Waals surface area (Å²) in [5.74, 6) is 0. The van der Waals surface area contributed by atoms with Gasteiger partial charge in [-0.1, -0.05) is 48.5 Å². The molecule has 0 spiro atoms. The maximum Gasteiger partial charge on any atom is 0.0654 e. The second kappa shape index (κ2) is 5.49. The molecule has 3 aromatic heterocycles. The highest BCUT2D eigenvalue weighted by atomic mass is 32.1. The normalized spacial score (nSPS) is 12.1. The molecule has 0 amide bonds. The van der Waals surface area contributed by atoms with Crippen molar-refractivity contribution in [2.75, 3.05) is 0 Å². The second-order valence-electron chi connectivity index (χ2n) is 7.62. The highest BCUT2D eigenvalue weighted by molar-refractivity contribution is 7.26. The van der Waals surface area contributed by atoms with Gasteiger partial charge in [0.05, 0.1) is 10.2 Å². The van der Waals surface area contributed by atoms with Crippen LogP contribution in [0.15, 0.2) is 84.9 Å². The number of H-pyrrole nitrogens is 2. The molecule has 0 aliphatic heterocycles. The minimum Gasteiger partial charge on any atom is -0.355 e. The average Bonchev–Trinajstić information content (AvgIpc) is 3.42. The van der Waals surface area contributed by atoms with Crippen molar-refractivity contribution < 1.29 is 0 Å². The Kier molecular flexibility index (Phi) is 2.91. The number of aromatic nitrogens is 2. The van der Waals surface area contributed by atoms with E-state index in [0.717, 1.165) is 0 Å². The van der Waals surface area contributed by atoms with E-state index in [1.165, 1.54) is 64.1 Å². The van der Waals surface area contributed by atoms with Gasteiger partial charge in [-0.3, -0.25) is 0 Å². The van der Waals surface area contributed by atoms with E-state index >= 15 is 0 Å². The van der Waals surface area contributed by atoms with E-state index in [1.807, 2.05) is 11.3 Å². The molecule has 0 saturated carbocycles. The number of para-hydroxylation sites is 1. The van der Waals surface area contributed by atoms with Crippen LogP contribution in [-0.2, 0) is 0 Å². The molecule has 0 radical (unpaired) electrons. The monoisotopic (exact) mass is 388 g/mol. The number of rotatable bonds is 1.